The lowest BCUT2D eigenvalue weighted by Gasteiger charge is -2.34. The molecule has 6 nitrogen and oxygen atoms in total. The molecule has 208 valence electrons. The topological polar surface area (TPSA) is 52.2 Å². The number of nitrogens with one attached hydrogen (secondary N) is 1. The molecule has 6 aromatic rings. The van der Waals surface area contributed by atoms with Gasteiger partial charge in [-0.3, -0.25) is 0 Å². The van der Waals surface area contributed by atoms with Gasteiger partial charge in [0.05, 0.1) is 25.6 Å². The largest absolute Gasteiger partial charge is 0.493 e. The number of ether oxygens (including phenoxy) is 4. The van der Waals surface area contributed by atoms with Gasteiger partial charge < -0.3 is 29.2 Å². The zero-order chi connectivity index (χ0) is 28.1. The summed E-state index contributed by atoms with van der Waals surface area (Å²) in [5.41, 5.74) is 7.49. The van der Waals surface area contributed by atoms with Crippen molar-refractivity contribution >= 4 is 54.5 Å². The molecule has 0 atom stereocenters. The summed E-state index contributed by atoms with van der Waals surface area (Å²) < 4.78 is 24.0. The van der Waals surface area contributed by atoms with E-state index in [0.29, 0.717) is 0 Å². The number of hydrogen-bond acceptors (Lipinski definition) is 6. The first kappa shape index (κ1) is 23.8. The molecular formula is C36H30N2O4. The minimum Gasteiger partial charge on any atom is -0.493 e. The fraction of sp³-hybridized carbons (Fsp3) is 0.222. The maximum Gasteiger partial charge on any atom is 0.231 e. The van der Waals surface area contributed by atoms with Crippen molar-refractivity contribution in [2.75, 3.05) is 51.4 Å². The molecule has 3 aliphatic heterocycles. The Kier molecular flexibility index (Phi) is 4.87. The van der Waals surface area contributed by atoms with Gasteiger partial charge in [0.15, 0.2) is 23.0 Å². The van der Waals surface area contributed by atoms with Gasteiger partial charge >= 0.3 is 0 Å². The fourth-order valence-electron chi connectivity index (χ4n) is 7.75. The molecule has 3 aliphatic rings. The van der Waals surface area contributed by atoms with E-state index >= 15 is 0 Å². The second-order valence-corrected chi connectivity index (χ2v) is 11.5. The SMILES string of the molecule is COc1cc2c3c(c(-c4c5c6c(cc7c(c6c6ccccc46)OCO7)CCN5)c4ccccc4c3c1OC)N(C)CC2. The van der Waals surface area contributed by atoms with Crippen molar-refractivity contribution in [3.8, 4) is 34.1 Å². The molecule has 6 heteroatoms. The van der Waals surface area contributed by atoms with E-state index < -0.39 is 0 Å². The molecule has 0 spiro atoms. The summed E-state index contributed by atoms with van der Waals surface area (Å²) in [6.45, 7) is 2.03. The van der Waals surface area contributed by atoms with Crippen molar-refractivity contribution in [3.05, 3.63) is 71.8 Å². The molecule has 9 rings (SSSR count). The molecule has 0 aliphatic carbocycles. The van der Waals surface area contributed by atoms with Crippen LogP contribution in [0.2, 0.25) is 0 Å². The number of hydrogen-bond donors (Lipinski definition) is 1. The Balaban J connectivity index is 1.56. The summed E-state index contributed by atoms with van der Waals surface area (Å²) in [6, 6.07) is 21.9. The van der Waals surface area contributed by atoms with E-state index in [4.69, 9.17) is 18.9 Å². The number of rotatable bonds is 3. The quantitative estimate of drug-likeness (QED) is 0.227. The van der Waals surface area contributed by atoms with Crippen LogP contribution in [0.1, 0.15) is 11.1 Å². The maximum atomic E-state index is 6.12. The van der Waals surface area contributed by atoms with Crippen LogP contribution in [0, 0.1) is 0 Å². The highest BCUT2D eigenvalue weighted by atomic mass is 16.7. The van der Waals surface area contributed by atoms with Gasteiger partial charge in [0.1, 0.15) is 0 Å². The van der Waals surface area contributed by atoms with E-state index in [1.54, 1.807) is 14.2 Å². The third-order valence-corrected chi connectivity index (χ3v) is 9.45. The highest BCUT2D eigenvalue weighted by Crippen LogP contribution is 2.57. The Bertz CT molecular complexity index is 2150. The van der Waals surface area contributed by atoms with Crippen molar-refractivity contribution < 1.29 is 18.9 Å². The summed E-state index contributed by atoms with van der Waals surface area (Å²) in [5, 5.41) is 13.3. The summed E-state index contributed by atoms with van der Waals surface area (Å²) >= 11 is 0. The van der Waals surface area contributed by atoms with Crippen LogP contribution in [0.3, 0.4) is 0 Å². The van der Waals surface area contributed by atoms with E-state index in [1.807, 2.05) is 0 Å². The average Bonchev–Trinajstić information content (AvgIpc) is 3.51. The van der Waals surface area contributed by atoms with Crippen LogP contribution in [-0.4, -0.2) is 41.1 Å². The lowest BCUT2D eigenvalue weighted by molar-refractivity contribution is 0.175. The van der Waals surface area contributed by atoms with Gasteiger partial charge in [0.25, 0.3) is 0 Å². The normalized spacial score (nSPS) is 15.1. The standard InChI is InChI=1S/C36H30N2O4/c1-38-15-13-20-16-25(39-2)35(40-3)32-24-11-7-5-9-22(24)30(34(38)28(20)32)29-21-8-4-6-10-23(21)31-27-19(12-14-37-33(27)29)17-26-36(31)42-18-41-26/h4-11,16-17,37H,12-15,18H2,1-3H3. The van der Waals surface area contributed by atoms with Crippen molar-refractivity contribution in [2.45, 2.75) is 12.8 Å². The molecule has 42 heavy (non-hydrogen) atoms. The molecule has 0 fully saturated rings. The molecule has 0 unspecified atom stereocenters. The molecule has 0 saturated carbocycles. The highest BCUT2D eigenvalue weighted by molar-refractivity contribution is 6.31. The fourth-order valence-corrected chi connectivity index (χ4v) is 7.75. The summed E-state index contributed by atoms with van der Waals surface area (Å²) in [5.74, 6) is 3.26. The van der Waals surface area contributed by atoms with Crippen LogP contribution < -0.4 is 29.2 Å². The summed E-state index contributed by atoms with van der Waals surface area (Å²) in [4.78, 5) is 2.43. The van der Waals surface area contributed by atoms with E-state index in [9.17, 15) is 0 Å². The Hall–Kier alpha value is -4.84. The van der Waals surface area contributed by atoms with Crippen LogP contribution in [0.25, 0.3) is 54.2 Å². The summed E-state index contributed by atoms with van der Waals surface area (Å²) in [7, 11) is 5.69. The second kappa shape index (κ2) is 8.58. The van der Waals surface area contributed by atoms with E-state index in [0.717, 1.165) is 65.1 Å². The van der Waals surface area contributed by atoms with Gasteiger partial charge in [0, 0.05) is 52.8 Å². The number of methoxy groups -OCH3 is 2. The molecule has 0 amide bonds. The number of benzene rings is 6. The third kappa shape index (κ3) is 2.94. The molecule has 0 saturated heterocycles. The molecule has 1 N–H and O–H groups in total. The Morgan fingerprint density at radius 3 is 2.21 bits per heavy atom. The Morgan fingerprint density at radius 2 is 1.45 bits per heavy atom. The first-order chi connectivity index (χ1) is 20.7. The zero-order valence-corrected chi connectivity index (χ0v) is 23.9. The van der Waals surface area contributed by atoms with Crippen molar-refractivity contribution in [2.24, 2.45) is 0 Å². The molecular weight excluding hydrogens is 524 g/mol. The lowest BCUT2D eigenvalue weighted by atomic mass is 9.81. The van der Waals surface area contributed by atoms with Gasteiger partial charge in [-0.25, -0.2) is 0 Å². The average molecular weight is 555 g/mol. The van der Waals surface area contributed by atoms with Crippen LogP contribution in [-0.2, 0) is 12.8 Å². The number of fused-ring (bicyclic) bond motifs is 6. The maximum absolute atomic E-state index is 6.12. The monoisotopic (exact) mass is 554 g/mol. The number of likely N-dealkylation sites (N-methyl/N-ethyl adjacent to an activating group) is 1. The third-order valence-electron chi connectivity index (χ3n) is 9.45. The van der Waals surface area contributed by atoms with Gasteiger partial charge in [0.2, 0.25) is 6.79 Å². The lowest BCUT2D eigenvalue weighted by Crippen LogP contribution is -2.26. The number of nitrogens with zero attached hydrogens (tertiary/aromatic N) is 1. The van der Waals surface area contributed by atoms with E-state index in [-0.39, 0.29) is 6.79 Å². The van der Waals surface area contributed by atoms with Crippen LogP contribution in [0.5, 0.6) is 23.0 Å². The van der Waals surface area contributed by atoms with Gasteiger partial charge in [-0.15, -0.1) is 0 Å². The zero-order valence-electron chi connectivity index (χ0n) is 23.9. The van der Waals surface area contributed by atoms with Gasteiger partial charge in [-0.05, 0) is 57.6 Å². The minimum atomic E-state index is 0.255. The van der Waals surface area contributed by atoms with E-state index in [2.05, 4.69) is 77.9 Å². The number of anilines is 2. The van der Waals surface area contributed by atoms with Gasteiger partial charge in [-0.2, -0.15) is 0 Å². The molecule has 0 bridgehead atoms. The van der Waals surface area contributed by atoms with Crippen LogP contribution in [0.15, 0.2) is 60.7 Å². The molecule has 3 heterocycles. The van der Waals surface area contributed by atoms with Crippen LogP contribution >= 0.6 is 0 Å². The predicted octanol–water partition coefficient (Wildman–Crippen LogP) is 7.67. The Labute approximate surface area is 243 Å². The molecule has 0 radical (unpaired) electrons. The van der Waals surface area contributed by atoms with Gasteiger partial charge in [-0.1, -0.05) is 48.5 Å². The smallest absolute Gasteiger partial charge is 0.231 e. The summed E-state index contributed by atoms with van der Waals surface area (Å²) in [6.07, 6.45) is 1.87. The van der Waals surface area contributed by atoms with Crippen molar-refractivity contribution in [1.29, 1.82) is 0 Å². The highest BCUT2D eigenvalue weighted by Gasteiger charge is 2.33. The first-order valence-corrected chi connectivity index (χ1v) is 14.6. The van der Waals surface area contributed by atoms with E-state index in [1.165, 1.54) is 60.6 Å². The van der Waals surface area contributed by atoms with Crippen molar-refractivity contribution in [3.63, 3.8) is 0 Å². The second-order valence-electron chi connectivity index (χ2n) is 11.5. The Morgan fingerprint density at radius 1 is 0.738 bits per heavy atom. The van der Waals surface area contributed by atoms with Crippen LogP contribution in [0.4, 0.5) is 11.4 Å². The predicted molar refractivity (Wildman–Crippen MR) is 170 cm³/mol. The minimum absolute atomic E-state index is 0.255. The molecule has 6 aromatic carbocycles. The molecule has 0 aromatic heterocycles. The first-order valence-electron chi connectivity index (χ1n) is 14.6. The van der Waals surface area contributed by atoms with Crippen molar-refractivity contribution in [1.82, 2.24) is 0 Å².